The molecular formula is C32H45NO10. The quantitative estimate of drug-likeness (QED) is 0.296. The van der Waals surface area contributed by atoms with E-state index < -0.39 is 88.8 Å². The summed E-state index contributed by atoms with van der Waals surface area (Å²) in [6.45, 7) is 3.40. The van der Waals surface area contributed by atoms with E-state index in [1.54, 1.807) is 45.6 Å². The lowest BCUT2D eigenvalue weighted by Gasteiger charge is -2.70. The zero-order chi connectivity index (χ0) is 30.6. The molecule has 11 nitrogen and oxygen atoms in total. The number of likely N-dealkylation sites (tertiary alicyclic amines) is 1. The van der Waals surface area contributed by atoms with Gasteiger partial charge in [0.2, 0.25) is 0 Å². The molecule has 1 spiro atoms. The molecule has 6 fully saturated rings. The Morgan fingerprint density at radius 2 is 1.65 bits per heavy atom. The number of ether oxygens (including phenoxy) is 5. The zero-order valence-corrected chi connectivity index (χ0v) is 25.4. The maximum absolute atomic E-state index is 13.5. The largest absolute Gasteiger partial charge is 0.458 e. The molecule has 4 N–H and O–H groups in total. The fraction of sp³-hybridized carbons (Fsp3) is 0.781. The van der Waals surface area contributed by atoms with E-state index in [2.05, 4.69) is 4.90 Å². The molecule has 0 amide bonds. The standard InChI is InChI=1S/C32H45NO10/c1-6-33-13-30(14-39-2)16(34)12-17(40-3)31-19-20-23(43-29(37)15-10-8-7-9-11-15)18(22(19)35)24(41-4)28(36)32(20,38)21(27(31)33)25(42-5)26(30)31/h7-11,16-28,34-36,38H,6,12-14H2,1-5H3/t16?,17-,18-,19-,20+,21-,22?,23-,24+,25-,26+,27+,28-,30-,31+,32+/m0/s1. The molecule has 5 aliphatic carbocycles. The molecule has 7 bridgehead atoms. The monoisotopic (exact) mass is 603 g/mol. The van der Waals surface area contributed by atoms with E-state index in [0.29, 0.717) is 25.1 Å². The van der Waals surface area contributed by atoms with Gasteiger partial charge in [0, 0.05) is 81.9 Å². The molecule has 1 saturated heterocycles. The van der Waals surface area contributed by atoms with Crippen LogP contribution in [0.3, 0.4) is 0 Å². The zero-order valence-electron chi connectivity index (χ0n) is 25.4. The van der Waals surface area contributed by atoms with Gasteiger partial charge in [-0.05, 0) is 18.7 Å². The second kappa shape index (κ2) is 10.2. The molecule has 0 radical (unpaired) electrons. The van der Waals surface area contributed by atoms with Crippen molar-refractivity contribution in [2.75, 3.05) is 48.1 Å². The molecule has 238 valence electrons. The minimum Gasteiger partial charge on any atom is -0.458 e. The van der Waals surface area contributed by atoms with E-state index >= 15 is 0 Å². The molecule has 6 aliphatic rings. The van der Waals surface area contributed by atoms with Crippen LogP contribution in [0.15, 0.2) is 30.3 Å². The summed E-state index contributed by atoms with van der Waals surface area (Å²) < 4.78 is 30.6. The Morgan fingerprint density at radius 1 is 0.953 bits per heavy atom. The number of methoxy groups -OCH3 is 4. The molecule has 1 aromatic rings. The molecule has 43 heavy (non-hydrogen) atoms. The van der Waals surface area contributed by atoms with Crippen LogP contribution in [0.1, 0.15) is 23.7 Å². The summed E-state index contributed by atoms with van der Waals surface area (Å²) in [5.74, 6) is -3.92. The Kier molecular flexibility index (Phi) is 7.10. The molecule has 2 unspecified atom stereocenters. The first-order valence-electron chi connectivity index (χ1n) is 15.5. The second-order valence-corrected chi connectivity index (χ2v) is 13.7. The molecule has 7 rings (SSSR count). The van der Waals surface area contributed by atoms with Crippen molar-refractivity contribution in [2.45, 2.75) is 67.7 Å². The van der Waals surface area contributed by atoms with Gasteiger partial charge in [0.1, 0.15) is 17.8 Å². The molecule has 0 aromatic heterocycles. The second-order valence-electron chi connectivity index (χ2n) is 13.7. The highest BCUT2D eigenvalue weighted by Gasteiger charge is 2.90. The number of benzene rings is 1. The van der Waals surface area contributed by atoms with E-state index in [4.69, 9.17) is 23.7 Å². The summed E-state index contributed by atoms with van der Waals surface area (Å²) in [6, 6.07) is 8.28. The first-order chi connectivity index (χ1) is 20.6. The van der Waals surface area contributed by atoms with Crippen LogP contribution in [-0.2, 0) is 23.7 Å². The summed E-state index contributed by atoms with van der Waals surface area (Å²) in [6.07, 6.45) is -6.06. The number of rotatable bonds is 8. The van der Waals surface area contributed by atoms with Gasteiger partial charge in [-0.2, -0.15) is 0 Å². The van der Waals surface area contributed by atoms with E-state index in [1.807, 2.05) is 13.0 Å². The maximum atomic E-state index is 13.5. The van der Waals surface area contributed by atoms with E-state index in [-0.39, 0.29) is 18.6 Å². The van der Waals surface area contributed by atoms with Gasteiger partial charge in [-0.3, -0.25) is 4.90 Å². The van der Waals surface area contributed by atoms with Crippen LogP contribution < -0.4 is 0 Å². The molecule has 16 atom stereocenters. The Labute approximate surface area is 252 Å². The first kappa shape index (κ1) is 30.0. The summed E-state index contributed by atoms with van der Waals surface area (Å²) >= 11 is 0. The van der Waals surface area contributed by atoms with Crippen LogP contribution in [0.5, 0.6) is 0 Å². The number of piperidine rings is 1. The van der Waals surface area contributed by atoms with E-state index in [0.717, 1.165) is 0 Å². The fourth-order valence-corrected chi connectivity index (χ4v) is 11.9. The predicted molar refractivity (Wildman–Crippen MR) is 151 cm³/mol. The van der Waals surface area contributed by atoms with Gasteiger partial charge in [0.25, 0.3) is 0 Å². The molecule has 1 aromatic carbocycles. The minimum atomic E-state index is -1.85. The average molecular weight is 604 g/mol. The lowest BCUT2D eigenvalue weighted by molar-refractivity contribution is -0.312. The van der Waals surface area contributed by atoms with Crippen molar-refractivity contribution in [1.29, 1.82) is 0 Å². The summed E-state index contributed by atoms with van der Waals surface area (Å²) in [4.78, 5) is 15.8. The lowest BCUT2D eigenvalue weighted by Crippen LogP contribution is -2.80. The Bertz CT molecular complexity index is 1240. The van der Waals surface area contributed by atoms with Crippen molar-refractivity contribution in [3.05, 3.63) is 35.9 Å². The van der Waals surface area contributed by atoms with Gasteiger partial charge in [-0.1, -0.05) is 25.1 Å². The minimum absolute atomic E-state index is 0.248. The number of esters is 1. The normalized spacial score (nSPS) is 52.7. The first-order valence-corrected chi connectivity index (χ1v) is 15.5. The fourth-order valence-electron chi connectivity index (χ4n) is 11.9. The van der Waals surface area contributed by atoms with Crippen molar-refractivity contribution in [1.82, 2.24) is 4.90 Å². The van der Waals surface area contributed by atoms with Gasteiger partial charge < -0.3 is 44.1 Å². The molecule has 11 heteroatoms. The van der Waals surface area contributed by atoms with Crippen LogP contribution >= 0.6 is 0 Å². The van der Waals surface area contributed by atoms with Crippen molar-refractivity contribution in [2.24, 2.45) is 40.4 Å². The molecular weight excluding hydrogens is 558 g/mol. The van der Waals surface area contributed by atoms with Crippen molar-refractivity contribution in [3.8, 4) is 0 Å². The van der Waals surface area contributed by atoms with E-state index in [9.17, 15) is 25.2 Å². The third-order valence-corrected chi connectivity index (χ3v) is 12.8. The summed E-state index contributed by atoms with van der Waals surface area (Å²) in [5, 5.41) is 49.6. The lowest BCUT2D eigenvalue weighted by atomic mass is 9.42. The third-order valence-electron chi connectivity index (χ3n) is 12.8. The van der Waals surface area contributed by atoms with Crippen molar-refractivity contribution < 1.29 is 48.9 Å². The highest BCUT2D eigenvalue weighted by Crippen LogP contribution is 2.79. The number of aliphatic hydroxyl groups is 4. The topological polar surface area (TPSA) is 147 Å². The number of fused-ring (bicyclic) bond motifs is 2. The highest BCUT2D eigenvalue weighted by atomic mass is 16.6. The molecule has 5 saturated carbocycles. The molecule has 1 aliphatic heterocycles. The van der Waals surface area contributed by atoms with Gasteiger partial charge in [-0.15, -0.1) is 0 Å². The number of aliphatic hydroxyl groups excluding tert-OH is 3. The summed E-state index contributed by atoms with van der Waals surface area (Å²) in [5.41, 5.74) is -3.11. The average Bonchev–Trinajstić information content (AvgIpc) is 3.37. The van der Waals surface area contributed by atoms with Crippen LogP contribution in [0.4, 0.5) is 0 Å². The number of nitrogens with zero attached hydrogens (tertiary/aromatic N) is 1. The van der Waals surface area contributed by atoms with Crippen LogP contribution in [0.25, 0.3) is 0 Å². The molecule has 1 heterocycles. The number of hydrogen-bond acceptors (Lipinski definition) is 11. The predicted octanol–water partition coefficient (Wildman–Crippen LogP) is -0.0668. The van der Waals surface area contributed by atoms with Crippen molar-refractivity contribution in [3.63, 3.8) is 0 Å². The number of carbonyl (C=O) groups is 1. The Balaban J connectivity index is 1.48. The Morgan fingerprint density at radius 3 is 2.26 bits per heavy atom. The van der Waals surface area contributed by atoms with Crippen molar-refractivity contribution >= 4 is 5.97 Å². The van der Waals surface area contributed by atoms with Crippen LogP contribution in [0.2, 0.25) is 0 Å². The van der Waals surface area contributed by atoms with Gasteiger partial charge >= 0.3 is 5.97 Å². The smallest absolute Gasteiger partial charge is 0.338 e. The van der Waals surface area contributed by atoms with Crippen LogP contribution in [-0.4, -0.2) is 134 Å². The third kappa shape index (κ3) is 3.33. The van der Waals surface area contributed by atoms with Gasteiger partial charge in [0.05, 0.1) is 48.6 Å². The van der Waals surface area contributed by atoms with E-state index in [1.165, 1.54) is 7.11 Å². The summed E-state index contributed by atoms with van der Waals surface area (Å²) in [7, 11) is 6.30. The van der Waals surface area contributed by atoms with Gasteiger partial charge in [0.15, 0.2) is 0 Å². The van der Waals surface area contributed by atoms with Crippen LogP contribution in [0, 0.1) is 40.4 Å². The SMILES string of the molecule is CCN1C[C@]2(COC)C(O)C[C@H](OC)[C@@]34[C@@H]5C(O)[C@@H]6[C@@H](OC)[C@H](O)[C@@](O)([C@H]5[C@H]6OC(=O)c5ccccc5)[C@@H]([C@H](OC)[C@H]23)[C@@H]14. The Hall–Kier alpha value is -1.67. The highest BCUT2D eigenvalue weighted by molar-refractivity contribution is 5.89. The van der Waals surface area contributed by atoms with Gasteiger partial charge in [-0.25, -0.2) is 4.79 Å². The maximum Gasteiger partial charge on any atom is 0.338 e. The number of carbonyl (C=O) groups excluding carboxylic acids is 1. The number of hydrogen-bond donors (Lipinski definition) is 4.